The molecule has 0 saturated heterocycles. The number of carbonyl (C=O) groups excluding carboxylic acids is 1. The summed E-state index contributed by atoms with van der Waals surface area (Å²) in [5.41, 5.74) is 4.43. The van der Waals surface area contributed by atoms with Gasteiger partial charge in [0.1, 0.15) is 17.1 Å². The lowest BCUT2D eigenvalue weighted by atomic mass is 10.1. The van der Waals surface area contributed by atoms with E-state index in [-0.39, 0.29) is 11.8 Å². The Labute approximate surface area is 158 Å². The van der Waals surface area contributed by atoms with Gasteiger partial charge >= 0.3 is 0 Å². The molecule has 0 radical (unpaired) electrons. The lowest BCUT2D eigenvalue weighted by molar-refractivity contribution is 0.0722. The fraction of sp³-hybridized carbons (Fsp3) is 0.381. The number of carbonyl (C=O) groups is 1. The van der Waals surface area contributed by atoms with E-state index in [1.165, 1.54) is 5.56 Å². The van der Waals surface area contributed by atoms with Gasteiger partial charge in [0.15, 0.2) is 5.89 Å². The van der Waals surface area contributed by atoms with E-state index in [9.17, 15) is 4.79 Å². The maximum atomic E-state index is 12.9. The van der Waals surface area contributed by atoms with E-state index in [0.717, 1.165) is 35.0 Å². The zero-order valence-electron chi connectivity index (χ0n) is 16.0. The molecule has 2 aromatic heterocycles. The molecule has 0 fully saturated rings. The molecule has 0 atom stereocenters. The number of hydrogen-bond acceptors (Lipinski definition) is 4. The summed E-state index contributed by atoms with van der Waals surface area (Å²) in [6.45, 7) is 7.34. The second-order valence-corrected chi connectivity index (χ2v) is 7.27. The molecule has 1 amide bonds. The van der Waals surface area contributed by atoms with Crippen LogP contribution in [0.3, 0.4) is 0 Å². The maximum absolute atomic E-state index is 12.9. The van der Waals surface area contributed by atoms with Crippen molar-refractivity contribution in [2.75, 3.05) is 6.54 Å². The number of benzene rings is 1. The van der Waals surface area contributed by atoms with Crippen molar-refractivity contribution in [3.8, 4) is 11.3 Å². The molecule has 0 spiro atoms. The molecule has 3 aromatic rings. The Morgan fingerprint density at radius 3 is 2.78 bits per heavy atom. The first-order valence-electron chi connectivity index (χ1n) is 9.47. The minimum absolute atomic E-state index is 0.0568. The average Bonchev–Trinajstić information content (AvgIpc) is 3.34. The van der Waals surface area contributed by atoms with Crippen molar-refractivity contribution in [2.45, 2.75) is 46.1 Å². The van der Waals surface area contributed by atoms with Gasteiger partial charge in [0.25, 0.3) is 5.91 Å². The number of aromatic nitrogens is 3. The van der Waals surface area contributed by atoms with Crippen LogP contribution in [-0.4, -0.2) is 32.5 Å². The quantitative estimate of drug-likeness (QED) is 0.761. The highest BCUT2D eigenvalue weighted by molar-refractivity contribution is 5.93. The minimum atomic E-state index is -0.0568. The van der Waals surface area contributed by atoms with Gasteiger partial charge in [-0.3, -0.25) is 9.89 Å². The summed E-state index contributed by atoms with van der Waals surface area (Å²) in [5, 5.41) is 7.22. The van der Waals surface area contributed by atoms with E-state index in [1.54, 1.807) is 4.90 Å². The van der Waals surface area contributed by atoms with Crippen molar-refractivity contribution in [3.63, 3.8) is 0 Å². The highest BCUT2D eigenvalue weighted by Gasteiger charge is 2.27. The van der Waals surface area contributed by atoms with E-state index in [2.05, 4.69) is 48.1 Å². The molecule has 0 aliphatic carbocycles. The Kier molecular flexibility index (Phi) is 4.56. The Bertz CT molecular complexity index is 953. The molecule has 1 aromatic carbocycles. The molecule has 6 nitrogen and oxygen atoms in total. The van der Waals surface area contributed by atoms with Gasteiger partial charge in [-0.15, -0.1) is 0 Å². The molecule has 1 aliphatic rings. The molecule has 0 saturated carbocycles. The van der Waals surface area contributed by atoms with Crippen LogP contribution in [0, 0.1) is 0 Å². The summed E-state index contributed by atoms with van der Waals surface area (Å²) in [7, 11) is 0. The van der Waals surface area contributed by atoms with Gasteiger partial charge in [0, 0.05) is 24.4 Å². The number of amides is 1. The lowest BCUT2D eigenvalue weighted by Crippen LogP contribution is -2.36. The first-order valence-corrected chi connectivity index (χ1v) is 9.47. The van der Waals surface area contributed by atoms with E-state index >= 15 is 0 Å². The minimum Gasteiger partial charge on any atom is -0.445 e. The van der Waals surface area contributed by atoms with Crippen LogP contribution in [0.1, 0.15) is 60.1 Å². The predicted molar refractivity (Wildman–Crippen MR) is 102 cm³/mol. The van der Waals surface area contributed by atoms with Gasteiger partial charge in [-0.05, 0) is 18.1 Å². The van der Waals surface area contributed by atoms with E-state index in [1.807, 2.05) is 18.2 Å². The summed E-state index contributed by atoms with van der Waals surface area (Å²) < 4.78 is 5.81. The smallest absolute Gasteiger partial charge is 0.272 e. The van der Waals surface area contributed by atoms with Gasteiger partial charge in [-0.1, -0.05) is 45.0 Å². The number of nitrogens with zero attached hydrogens (tertiary/aromatic N) is 3. The number of aromatic amines is 1. The molecular weight excluding hydrogens is 340 g/mol. The molecule has 3 heterocycles. The van der Waals surface area contributed by atoms with E-state index in [4.69, 9.17) is 4.42 Å². The van der Waals surface area contributed by atoms with Crippen molar-refractivity contribution < 1.29 is 9.21 Å². The monoisotopic (exact) mass is 364 g/mol. The summed E-state index contributed by atoms with van der Waals surface area (Å²) in [6, 6.07) is 10.1. The van der Waals surface area contributed by atoms with Gasteiger partial charge in [-0.2, -0.15) is 5.10 Å². The van der Waals surface area contributed by atoms with Gasteiger partial charge in [0.05, 0.1) is 12.2 Å². The molecule has 27 heavy (non-hydrogen) atoms. The number of aryl methyl sites for hydroxylation is 1. The van der Waals surface area contributed by atoms with Crippen molar-refractivity contribution >= 4 is 5.91 Å². The van der Waals surface area contributed by atoms with Crippen LogP contribution in [-0.2, 0) is 19.4 Å². The van der Waals surface area contributed by atoms with Crippen molar-refractivity contribution in [3.05, 3.63) is 58.9 Å². The molecular formula is C21H24N4O2. The Morgan fingerprint density at radius 1 is 1.30 bits per heavy atom. The number of oxazole rings is 1. The topological polar surface area (TPSA) is 75.0 Å². The third kappa shape index (κ3) is 3.39. The highest BCUT2D eigenvalue weighted by atomic mass is 16.4. The van der Waals surface area contributed by atoms with Crippen LogP contribution in [0.4, 0.5) is 0 Å². The van der Waals surface area contributed by atoms with Crippen LogP contribution >= 0.6 is 0 Å². The average molecular weight is 364 g/mol. The summed E-state index contributed by atoms with van der Waals surface area (Å²) in [5.74, 6) is 1.84. The molecule has 1 N–H and O–H groups in total. The van der Waals surface area contributed by atoms with Gasteiger partial charge < -0.3 is 9.32 Å². The molecule has 140 valence electrons. The van der Waals surface area contributed by atoms with Crippen molar-refractivity contribution in [2.24, 2.45) is 0 Å². The van der Waals surface area contributed by atoms with Crippen LogP contribution < -0.4 is 0 Å². The first kappa shape index (κ1) is 17.5. The second-order valence-electron chi connectivity index (χ2n) is 7.27. The first-order chi connectivity index (χ1) is 13.0. The molecule has 0 unspecified atom stereocenters. The summed E-state index contributed by atoms with van der Waals surface area (Å²) in [4.78, 5) is 19.2. The zero-order valence-corrected chi connectivity index (χ0v) is 16.0. The molecule has 1 aliphatic heterocycles. The largest absolute Gasteiger partial charge is 0.445 e. The Balaban J connectivity index is 1.50. The number of H-pyrrole nitrogens is 1. The Morgan fingerprint density at radius 2 is 2.07 bits per heavy atom. The number of fused-ring (bicyclic) bond motifs is 1. The fourth-order valence-corrected chi connectivity index (χ4v) is 3.30. The SMILES string of the molecule is CCc1ccc(-c2cc(C(=O)N3CCc4oc(C(C)C)nc4C3)[nH]n2)cc1. The van der Waals surface area contributed by atoms with Gasteiger partial charge in [0.2, 0.25) is 0 Å². The maximum Gasteiger partial charge on any atom is 0.272 e. The summed E-state index contributed by atoms with van der Waals surface area (Å²) in [6.07, 6.45) is 1.70. The van der Waals surface area contributed by atoms with Crippen molar-refractivity contribution in [1.29, 1.82) is 0 Å². The normalized spacial score (nSPS) is 13.9. The van der Waals surface area contributed by atoms with Crippen LogP contribution in [0.5, 0.6) is 0 Å². The molecule has 4 rings (SSSR count). The standard InChI is InChI=1S/C21H24N4O2/c1-4-14-5-7-15(8-6-14)16-11-17(24-23-16)21(26)25-10-9-19-18(12-25)22-20(27-19)13(2)3/h5-8,11,13H,4,9-10,12H2,1-3H3,(H,23,24). The fourth-order valence-electron chi connectivity index (χ4n) is 3.30. The van der Waals surface area contributed by atoms with Crippen LogP contribution in [0.2, 0.25) is 0 Å². The third-order valence-corrected chi connectivity index (χ3v) is 4.99. The van der Waals surface area contributed by atoms with Gasteiger partial charge in [-0.25, -0.2) is 4.98 Å². The zero-order chi connectivity index (χ0) is 19.0. The highest BCUT2D eigenvalue weighted by Crippen LogP contribution is 2.25. The number of hydrogen-bond donors (Lipinski definition) is 1. The lowest BCUT2D eigenvalue weighted by Gasteiger charge is -2.24. The molecule has 0 bridgehead atoms. The van der Waals surface area contributed by atoms with E-state index < -0.39 is 0 Å². The number of rotatable bonds is 4. The van der Waals surface area contributed by atoms with E-state index in [0.29, 0.717) is 25.2 Å². The van der Waals surface area contributed by atoms with Crippen molar-refractivity contribution in [1.82, 2.24) is 20.1 Å². The predicted octanol–water partition coefficient (Wildman–Crippen LogP) is 3.95. The second kappa shape index (κ2) is 7.02. The molecule has 6 heteroatoms. The summed E-state index contributed by atoms with van der Waals surface area (Å²) >= 11 is 0. The van der Waals surface area contributed by atoms with Crippen LogP contribution in [0.15, 0.2) is 34.7 Å². The Hall–Kier alpha value is -2.89. The van der Waals surface area contributed by atoms with Crippen LogP contribution in [0.25, 0.3) is 11.3 Å². The number of nitrogens with one attached hydrogen (secondary N) is 1. The third-order valence-electron chi connectivity index (χ3n) is 4.99.